The molecule has 1 aliphatic rings. The van der Waals surface area contributed by atoms with Gasteiger partial charge >= 0.3 is 6.01 Å². The summed E-state index contributed by atoms with van der Waals surface area (Å²) in [4.78, 5) is 8.55. The first-order valence-corrected chi connectivity index (χ1v) is 7.30. The van der Waals surface area contributed by atoms with Gasteiger partial charge in [0.2, 0.25) is 5.88 Å². The monoisotopic (exact) mass is 264 g/mol. The van der Waals surface area contributed by atoms with E-state index in [4.69, 9.17) is 9.47 Å². The Morgan fingerprint density at radius 1 is 0.947 bits per heavy atom. The van der Waals surface area contributed by atoms with E-state index in [9.17, 15) is 0 Å². The van der Waals surface area contributed by atoms with E-state index in [1.807, 2.05) is 6.20 Å². The molecular weight excluding hydrogens is 240 g/mol. The van der Waals surface area contributed by atoms with Gasteiger partial charge in [-0.2, -0.15) is 4.98 Å². The van der Waals surface area contributed by atoms with Gasteiger partial charge in [0.05, 0.1) is 14.2 Å². The van der Waals surface area contributed by atoms with E-state index < -0.39 is 0 Å². The molecule has 0 saturated heterocycles. The van der Waals surface area contributed by atoms with Crippen molar-refractivity contribution in [2.75, 3.05) is 14.2 Å². The molecule has 19 heavy (non-hydrogen) atoms. The van der Waals surface area contributed by atoms with Crippen molar-refractivity contribution in [3.63, 3.8) is 0 Å². The lowest BCUT2D eigenvalue weighted by Gasteiger charge is -2.18. The SMILES string of the molecule is COc1ncc(C2CCCCCCCC2)c(OC)n1. The molecule has 1 aromatic rings. The highest BCUT2D eigenvalue weighted by Gasteiger charge is 2.19. The summed E-state index contributed by atoms with van der Waals surface area (Å²) in [6, 6.07) is 0.378. The van der Waals surface area contributed by atoms with Crippen LogP contribution in [0, 0.1) is 0 Å². The molecule has 1 aromatic heterocycles. The van der Waals surface area contributed by atoms with Gasteiger partial charge in [-0.3, -0.25) is 0 Å². The van der Waals surface area contributed by atoms with Crippen LogP contribution in [0.3, 0.4) is 0 Å². The first-order chi connectivity index (χ1) is 9.35. The van der Waals surface area contributed by atoms with Gasteiger partial charge in [-0.05, 0) is 18.8 Å². The van der Waals surface area contributed by atoms with Crippen molar-refractivity contribution < 1.29 is 9.47 Å². The molecule has 1 heterocycles. The van der Waals surface area contributed by atoms with Gasteiger partial charge in [0.25, 0.3) is 0 Å². The van der Waals surface area contributed by atoms with Crippen LogP contribution in [0.5, 0.6) is 11.9 Å². The Morgan fingerprint density at radius 2 is 1.58 bits per heavy atom. The van der Waals surface area contributed by atoms with E-state index >= 15 is 0 Å². The van der Waals surface area contributed by atoms with E-state index in [1.165, 1.54) is 51.4 Å². The quantitative estimate of drug-likeness (QED) is 0.834. The predicted molar refractivity (Wildman–Crippen MR) is 74.8 cm³/mol. The van der Waals surface area contributed by atoms with Crippen molar-refractivity contribution >= 4 is 0 Å². The summed E-state index contributed by atoms with van der Waals surface area (Å²) in [5, 5.41) is 0. The Hall–Kier alpha value is -1.32. The molecule has 0 aliphatic heterocycles. The van der Waals surface area contributed by atoms with Gasteiger partial charge in [0.15, 0.2) is 0 Å². The highest BCUT2D eigenvalue weighted by atomic mass is 16.5. The largest absolute Gasteiger partial charge is 0.481 e. The first-order valence-electron chi connectivity index (χ1n) is 7.30. The number of ether oxygens (including phenoxy) is 2. The molecule has 0 radical (unpaired) electrons. The summed E-state index contributed by atoms with van der Waals surface area (Å²) in [7, 11) is 3.24. The highest BCUT2D eigenvalue weighted by Crippen LogP contribution is 2.34. The third kappa shape index (κ3) is 3.82. The van der Waals surface area contributed by atoms with Crippen LogP contribution in [0.1, 0.15) is 62.8 Å². The topological polar surface area (TPSA) is 44.2 Å². The Morgan fingerprint density at radius 3 is 2.16 bits per heavy atom. The Bertz CT molecular complexity index is 386. The normalized spacial score (nSPS) is 18.2. The summed E-state index contributed by atoms with van der Waals surface area (Å²) >= 11 is 0. The van der Waals surface area contributed by atoms with Crippen molar-refractivity contribution in [1.82, 2.24) is 9.97 Å². The fraction of sp³-hybridized carbons (Fsp3) is 0.733. The van der Waals surface area contributed by atoms with Crippen LogP contribution in [-0.4, -0.2) is 24.2 Å². The van der Waals surface area contributed by atoms with Crippen molar-refractivity contribution in [3.05, 3.63) is 11.8 Å². The fourth-order valence-corrected chi connectivity index (χ4v) is 2.85. The third-order valence-corrected chi connectivity index (χ3v) is 3.93. The Balaban J connectivity index is 2.17. The molecule has 1 saturated carbocycles. The lowest BCUT2D eigenvalue weighted by atomic mass is 9.91. The maximum absolute atomic E-state index is 5.41. The van der Waals surface area contributed by atoms with Gasteiger partial charge in [-0.1, -0.05) is 38.5 Å². The zero-order valence-corrected chi connectivity index (χ0v) is 12.0. The van der Waals surface area contributed by atoms with Crippen LogP contribution in [-0.2, 0) is 0 Å². The summed E-state index contributed by atoms with van der Waals surface area (Å²) in [6.07, 6.45) is 12.3. The maximum atomic E-state index is 5.41. The fourth-order valence-electron chi connectivity index (χ4n) is 2.85. The maximum Gasteiger partial charge on any atom is 0.319 e. The van der Waals surface area contributed by atoms with Gasteiger partial charge in [-0.25, -0.2) is 4.98 Å². The molecule has 1 fully saturated rings. The molecule has 0 atom stereocenters. The van der Waals surface area contributed by atoms with Gasteiger partial charge in [0, 0.05) is 11.8 Å². The van der Waals surface area contributed by atoms with E-state index in [2.05, 4.69) is 9.97 Å². The molecule has 2 rings (SSSR count). The van der Waals surface area contributed by atoms with Crippen LogP contribution in [0.4, 0.5) is 0 Å². The second-order valence-corrected chi connectivity index (χ2v) is 5.22. The van der Waals surface area contributed by atoms with Crippen LogP contribution in [0.2, 0.25) is 0 Å². The standard InChI is InChI=1S/C15H24N2O2/c1-18-14-13(11-16-15(17-14)19-2)12-9-7-5-3-4-6-8-10-12/h11-12H,3-10H2,1-2H3. The number of methoxy groups -OCH3 is 2. The zero-order valence-electron chi connectivity index (χ0n) is 12.0. The molecule has 0 N–H and O–H groups in total. The number of aromatic nitrogens is 2. The summed E-state index contributed by atoms with van der Waals surface area (Å²) in [5.74, 6) is 1.20. The molecule has 4 nitrogen and oxygen atoms in total. The third-order valence-electron chi connectivity index (χ3n) is 3.93. The van der Waals surface area contributed by atoms with Gasteiger partial charge in [0.1, 0.15) is 0 Å². The Kier molecular flexibility index (Phi) is 5.43. The highest BCUT2D eigenvalue weighted by molar-refractivity contribution is 5.29. The van der Waals surface area contributed by atoms with Crippen molar-refractivity contribution in [3.8, 4) is 11.9 Å². The first kappa shape index (κ1) is 14.1. The molecular formula is C15H24N2O2. The summed E-state index contributed by atoms with van der Waals surface area (Å²) in [6.45, 7) is 0. The second-order valence-electron chi connectivity index (χ2n) is 5.22. The summed E-state index contributed by atoms with van der Waals surface area (Å²) < 4.78 is 10.5. The number of hydrogen-bond donors (Lipinski definition) is 0. The van der Waals surface area contributed by atoms with Crippen LogP contribution in [0.15, 0.2) is 6.20 Å². The van der Waals surface area contributed by atoms with Crippen LogP contribution >= 0.6 is 0 Å². The van der Waals surface area contributed by atoms with Crippen LogP contribution < -0.4 is 9.47 Å². The molecule has 0 amide bonds. The molecule has 4 heteroatoms. The minimum atomic E-state index is 0.378. The lowest BCUT2D eigenvalue weighted by Crippen LogP contribution is -2.05. The zero-order chi connectivity index (χ0) is 13.5. The molecule has 106 valence electrons. The van der Waals surface area contributed by atoms with Crippen molar-refractivity contribution in [2.45, 2.75) is 57.3 Å². The van der Waals surface area contributed by atoms with Crippen molar-refractivity contribution in [2.24, 2.45) is 0 Å². The van der Waals surface area contributed by atoms with E-state index in [0.717, 1.165) is 5.56 Å². The van der Waals surface area contributed by atoms with E-state index in [0.29, 0.717) is 17.8 Å². The molecule has 0 bridgehead atoms. The number of hydrogen-bond acceptors (Lipinski definition) is 4. The van der Waals surface area contributed by atoms with E-state index in [1.54, 1.807) is 14.2 Å². The number of nitrogens with zero attached hydrogens (tertiary/aromatic N) is 2. The van der Waals surface area contributed by atoms with Crippen LogP contribution in [0.25, 0.3) is 0 Å². The average molecular weight is 264 g/mol. The van der Waals surface area contributed by atoms with Gasteiger partial charge < -0.3 is 9.47 Å². The van der Waals surface area contributed by atoms with E-state index in [-0.39, 0.29) is 0 Å². The van der Waals surface area contributed by atoms with Gasteiger partial charge in [-0.15, -0.1) is 0 Å². The average Bonchev–Trinajstić information content (AvgIpc) is 2.60. The molecule has 0 spiro atoms. The Labute approximate surface area is 115 Å². The predicted octanol–water partition coefficient (Wildman–Crippen LogP) is 3.71. The molecule has 0 aromatic carbocycles. The number of rotatable bonds is 3. The minimum absolute atomic E-state index is 0.378. The second kappa shape index (κ2) is 7.31. The lowest BCUT2D eigenvalue weighted by molar-refractivity contribution is 0.344. The molecule has 1 aliphatic carbocycles. The minimum Gasteiger partial charge on any atom is -0.481 e. The van der Waals surface area contributed by atoms with Crippen molar-refractivity contribution in [1.29, 1.82) is 0 Å². The summed E-state index contributed by atoms with van der Waals surface area (Å²) in [5.41, 5.74) is 1.14. The smallest absolute Gasteiger partial charge is 0.319 e. The molecule has 0 unspecified atom stereocenters.